The van der Waals surface area contributed by atoms with Crippen LogP contribution >= 0.6 is 0 Å². The molecule has 1 N–H and O–H groups in total. The third-order valence-corrected chi connectivity index (χ3v) is 2.99. The van der Waals surface area contributed by atoms with E-state index in [4.69, 9.17) is 4.74 Å². The van der Waals surface area contributed by atoms with Crippen LogP contribution in [0.3, 0.4) is 0 Å². The first-order valence-corrected chi connectivity index (χ1v) is 6.09. The summed E-state index contributed by atoms with van der Waals surface area (Å²) in [6.45, 7) is 1.87. The molecule has 100 valence electrons. The van der Waals surface area contributed by atoms with E-state index in [0.29, 0.717) is 5.88 Å². The molecule has 1 atom stereocenters. The summed E-state index contributed by atoms with van der Waals surface area (Å²) in [5.41, 5.74) is 2.63. The highest BCUT2D eigenvalue weighted by Crippen LogP contribution is 2.28. The van der Waals surface area contributed by atoms with Crippen LogP contribution < -0.4 is 10.1 Å². The first kappa shape index (κ1) is 13.5. The number of nitrogens with zero attached hydrogens (tertiary/aromatic N) is 1. The molecule has 0 radical (unpaired) electrons. The van der Waals surface area contributed by atoms with Crippen LogP contribution in [0.4, 0.5) is 4.39 Å². The Bertz CT molecular complexity index is 552. The zero-order valence-electron chi connectivity index (χ0n) is 11.3. The number of nitrogens with one attached hydrogen (secondary N) is 1. The van der Waals surface area contributed by atoms with E-state index in [0.717, 1.165) is 16.7 Å². The van der Waals surface area contributed by atoms with E-state index in [1.165, 1.54) is 12.1 Å². The first-order chi connectivity index (χ1) is 9.15. The summed E-state index contributed by atoms with van der Waals surface area (Å²) in [5.74, 6) is 0.307. The molecule has 1 aromatic carbocycles. The maximum Gasteiger partial charge on any atom is 0.218 e. The Hall–Kier alpha value is -1.94. The highest BCUT2D eigenvalue weighted by Gasteiger charge is 2.18. The highest BCUT2D eigenvalue weighted by molar-refractivity contribution is 5.38. The topological polar surface area (TPSA) is 34.2 Å². The smallest absolute Gasteiger partial charge is 0.218 e. The summed E-state index contributed by atoms with van der Waals surface area (Å²) in [6, 6.07) is 8.60. The minimum absolute atomic E-state index is 0.155. The van der Waals surface area contributed by atoms with Crippen LogP contribution in [-0.2, 0) is 0 Å². The van der Waals surface area contributed by atoms with Gasteiger partial charge < -0.3 is 10.1 Å². The number of ether oxygens (including phenoxy) is 1. The minimum Gasteiger partial charge on any atom is -0.481 e. The van der Waals surface area contributed by atoms with E-state index in [9.17, 15) is 4.39 Å². The molecule has 0 aliphatic heterocycles. The Morgan fingerprint density at radius 3 is 2.74 bits per heavy atom. The Labute approximate surface area is 112 Å². The van der Waals surface area contributed by atoms with Crippen molar-refractivity contribution in [3.63, 3.8) is 0 Å². The molecule has 0 aliphatic carbocycles. The van der Waals surface area contributed by atoms with Crippen LogP contribution in [0.2, 0.25) is 0 Å². The molecular weight excluding hydrogens is 243 g/mol. The van der Waals surface area contributed by atoms with Crippen LogP contribution in [0.25, 0.3) is 0 Å². The first-order valence-electron chi connectivity index (χ1n) is 6.09. The van der Waals surface area contributed by atoms with Gasteiger partial charge in [0, 0.05) is 11.8 Å². The SMILES string of the molecule is CNC(c1cc(C)cc(F)c1)c1cccnc1OC. The Kier molecular flexibility index (Phi) is 4.12. The lowest BCUT2D eigenvalue weighted by molar-refractivity contribution is 0.388. The quantitative estimate of drug-likeness (QED) is 0.918. The molecule has 1 aromatic heterocycles. The molecule has 4 heteroatoms. The third kappa shape index (κ3) is 2.90. The molecule has 0 saturated heterocycles. The number of pyridine rings is 1. The summed E-state index contributed by atoms with van der Waals surface area (Å²) >= 11 is 0. The van der Waals surface area contributed by atoms with Crippen LogP contribution in [0, 0.1) is 12.7 Å². The van der Waals surface area contributed by atoms with Gasteiger partial charge in [-0.05, 0) is 43.3 Å². The number of hydrogen-bond acceptors (Lipinski definition) is 3. The average molecular weight is 260 g/mol. The van der Waals surface area contributed by atoms with Gasteiger partial charge in [-0.1, -0.05) is 12.1 Å². The zero-order chi connectivity index (χ0) is 13.8. The second-order valence-corrected chi connectivity index (χ2v) is 4.39. The highest BCUT2D eigenvalue weighted by atomic mass is 19.1. The Balaban J connectivity index is 2.49. The summed E-state index contributed by atoms with van der Waals surface area (Å²) in [4.78, 5) is 4.18. The fraction of sp³-hybridized carbons (Fsp3) is 0.267. The number of benzene rings is 1. The van der Waals surface area contributed by atoms with Gasteiger partial charge in [0.15, 0.2) is 0 Å². The predicted molar refractivity (Wildman–Crippen MR) is 72.8 cm³/mol. The van der Waals surface area contributed by atoms with E-state index in [2.05, 4.69) is 10.3 Å². The van der Waals surface area contributed by atoms with Crippen molar-refractivity contribution >= 4 is 0 Å². The summed E-state index contributed by atoms with van der Waals surface area (Å²) in [5, 5.41) is 3.18. The molecule has 0 amide bonds. The van der Waals surface area contributed by atoms with E-state index in [1.54, 1.807) is 13.3 Å². The van der Waals surface area contributed by atoms with E-state index in [-0.39, 0.29) is 11.9 Å². The van der Waals surface area contributed by atoms with Gasteiger partial charge in [-0.25, -0.2) is 9.37 Å². The van der Waals surface area contributed by atoms with Gasteiger partial charge in [-0.2, -0.15) is 0 Å². The van der Waals surface area contributed by atoms with Crippen molar-refractivity contribution in [1.82, 2.24) is 10.3 Å². The fourth-order valence-electron chi connectivity index (χ4n) is 2.23. The lowest BCUT2D eigenvalue weighted by atomic mass is 9.98. The number of methoxy groups -OCH3 is 1. The van der Waals surface area contributed by atoms with Crippen molar-refractivity contribution in [1.29, 1.82) is 0 Å². The normalized spacial score (nSPS) is 12.2. The minimum atomic E-state index is -0.238. The van der Waals surface area contributed by atoms with E-state index in [1.807, 2.05) is 32.2 Å². The number of hydrogen-bond donors (Lipinski definition) is 1. The molecule has 0 saturated carbocycles. The third-order valence-electron chi connectivity index (χ3n) is 2.99. The number of aromatic nitrogens is 1. The average Bonchev–Trinajstić information content (AvgIpc) is 2.39. The van der Waals surface area contributed by atoms with Crippen LogP contribution in [0.1, 0.15) is 22.7 Å². The molecule has 2 aromatic rings. The molecule has 0 bridgehead atoms. The van der Waals surface area contributed by atoms with Crippen molar-refractivity contribution in [2.75, 3.05) is 14.2 Å². The number of aryl methyl sites for hydroxylation is 1. The monoisotopic (exact) mass is 260 g/mol. The van der Waals surface area contributed by atoms with Gasteiger partial charge in [0.2, 0.25) is 5.88 Å². The molecule has 19 heavy (non-hydrogen) atoms. The molecule has 0 fully saturated rings. The standard InChI is InChI=1S/C15H17FN2O/c1-10-7-11(9-12(16)8-10)14(17-2)13-5-4-6-18-15(13)19-3/h4-9,14,17H,1-3H3. The van der Waals surface area contributed by atoms with Gasteiger partial charge >= 0.3 is 0 Å². The van der Waals surface area contributed by atoms with Crippen molar-refractivity contribution in [3.05, 3.63) is 59.0 Å². The molecule has 1 unspecified atom stereocenters. The van der Waals surface area contributed by atoms with Crippen molar-refractivity contribution in [3.8, 4) is 5.88 Å². The van der Waals surface area contributed by atoms with Crippen LogP contribution in [-0.4, -0.2) is 19.1 Å². The van der Waals surface area contributed by atoms with Crippen molar-refractivity contribution in [2.45, 2.75) is 13.0 Å². The lowest BCUT2D eigenvalue weighted by Gasteiger charge is -2.19. The molecule has 1 heterocycles. The number of halogens is 1. The molecule has 2 rings (SSSR count). The maximum atomic E-state index is 13.5. The Morgan fingerprint density at radius 2 is 2.11 bits per heavy atom. The van der Waals surface area contributed by atoms with Crippen molar-refractivity contribution in [2.24, 2.45) is 0 Å². The van der Waals surface area contributed by atoms with E-state index >= 15 is 0 Å². The lowest BCUT2D eigenvalue weighted by Crippen LogP contribution is -2.19. The molecule has 0 spiro atoms. The fourth-order valence-corrected chi connectivity index (χ4v) is 2.23. The summed E-state index contributed by atoms with van der Waals surface area (Å²) < 4.78 is 18.8. The maximum absolute atomic E-state index is 13.5. The Morgan fingerprint density at radius 1 is 1.32 bits per heavy atom. The van der Waals surface area contributed by atoms with Gasteiger partial charge in [0.05, 0.1) is 13.2 Å². The van der Waals surface area contributed by atoms with Crippen LogP contribution in [0.5, 0.6) is 5.88 Å². The summed E-state index contributed by atoms with van der Waals surface area (Å²) in [7, 11) is 3.41. The van der Waals surface area contributed by atoms with E-state index < -0.39 is 0 Å². The largest absolute Gasteiger partial charge is 0.481 e. The molecule has 3 nitrogen and oxygen atoms in total. The molecular formula is C15H17FN2O. The van der Waals surface area contributed by atoms with Gasteiger partial charge in [0.1, 0.15) is 5.82 Å². The van der Waals surface area contributed by atoms with Crippen molar-refractivity contribution < 1.29 is 9.13 Å². The molecule has 0 aliphatic rings. The second kappa shape index (κ2) is 5.80. The van der Waals surface area contributed by atoms with Crippen LogP contribution in [0.15, 0.2) is 36.5 Å². The van der Waals surface area contributed by atoms with Gasteiger partial charge in [0.25, 0.3) is 0 Å². The second-order valence-electron chi connectivity index (χ2n) is 4.39. The number of rotatable bonds is 4. The zero-order valence-corrected chi connectivity index (χ0v) is 11.3. The summed E-state index contributed by atoms with van der Waals surface area (Å²) in [6.07, 6.45) is 1.67. The predicted octanol–water partition coefficient (Wildman–Crippen LogP) is 2.85. The van der Waals surface area contributed by atoms with Gasteiger partial charge in [-0.3, -0.25) is 0 Å². The van der Waals surface area contributed by atoms with Gasteiger partial charge in [-0.15, -0.1) is 0 Å².